The Labute approximate surface area is 41.2 Å². The first-order valence-corrected chi connectivity index (χ1v) is 2.19. The predicted molar refractivity (Wildman–Crippen MR) is 37.7 cm³/mol. The molecule has 0 aliphatic carbocycles. The monoisotopic (exact) mass is 76.1 g/mol. The van der Waals surface area contributed by atoms with Crippen molar-refractivity contribution in [2.45, 2.75) is 0 Å². The van der Waals surface area contributed by atoms with Crippen molar-refractivity contribution in [3.63, 3.8) is 0 Å². The van der Waals surface area contributed by atoms with Gasteiger partial charge in [-0.2, -0.15) is 0 Å². The Hall–Kier alpha value is -0.195. The molecule has 0 spiro atoms. The summed E-state index contributed by atoms with van der Waals surface area (Å²) in [6, 6.07) is 0. The van der Waals surface area contributed by atoms with Crippen LogP contribution in [-0.4, -0.2) is 28.3 Å². The maximum atomic E-state index is 3.51. The molecule has 0 aromatic carbocycles. The first-order chi connectivity index (χ1) is 2.91. The SMILES string of the molecule is BB/C=C\B=C. The first-order valence-electron chi connectivity index (χ1n) is 2.19. The van der Waals surface area contributed by atoms with Gasteiger partial charge in [-0.15, -0.1) is 0 Å². The van der Waals surface area contributed by atoms with E-state index in [2.05, 4.69) is 20.2 Å². The molecule has 0 amide bonds. The van der Waals surface area contributed by atoms with Crippen LogP contribution in [0.1, 0.15) is 0 Å². The van der Waals surface area contributed by atoms with Crippen molar-refractivity contribution in [2.24, 2.45) is 0 Å². The molecular formula is C3H7B3. The van der Waals surface area contributed by atoms with Gasteiger partial charge in [-0.3, -0.25) is 0 Å². The van der Waals surface area contributed by atoms with Crippen molar-refractivity contribution in [1.82, 2.24) is 0 Å². The van der Waals surface area contributed by atoms with E-state index in [0.29, 0.717) is 0 Å². The van der Waals surface area contributed by atoms with Crippen LogP contribution in [0, 0.1) is 0 Å². The van der Waals surface area contributed by atoms with Gasteiger partial charge in [0.2, 0.25) is 0 Å². The van der Waals surface area contributed by atoms with E-state index in [9.17, 15) is 0 Å². The van der Waals surface area contributed by atoms with Crippen LogP contribution in [0.3, 0.4) is 0 Å². The second-order valence-electron chi connectivity index (χ2n) is 1.07. The van der Waals surface area contributed by atoms with Crippen molar-refractivity contribution in [3.05, 3.63) is 12.0 Å². The third kappa shape index (κ3) is 3.80. The predicted octanol–water partition coefficient (Wildman–Crippen LogP) is -1.42. The molecule has 0 aromatic heterocycles. The Kier molecular flexibility index (Phi) is 4.65. The summed E-state index contributed by atoms with van der Waals surface area (Å²) >= 11 is 0. The van der Waals surface area contributed by atoms with Gasteiger partial charge in [-0.25, -0.2) is 0 Å². The van der Waals surface area contributed by atoms with Gasteiger partial charge < -0.3 is 0 Å². The molecule has 6 heavy (non-hydrogen) atoms. The molecular weight excluding hydrogens is 68.5 g/mol. The third-order valence-electron chi connectivity index (χ3n) is 0.508. The zero-order chi connectivity index (χ0) is 4.83. The quantitative estimate of drug-likeness (QED) is 0.354. The van der Waals surface area contributed by atoms with Crippen LogP contribution in [0.2, 0.25) is 0 Å². The van der Waals surface area contributed by atoms with Gasteiger partial charge in [0.05, 0.1) is 0 Å². The van der Waals surface area contributed by atoms with Gasteiger partial charge in [0.25, 0.3) is 0 Å². The van der Waals surface area contributed by atoms with Crippen molar-refractivity contribution >= 4 is 28.3 Å². The van der Waals surface area contributed by atoms with E-state index in [1.165, 1.54) is 0 Å². The summed E-state index contributed by atoms with van der Waals surface area (Å²) in [4.78, 5) is 0. The van der Waals surface area contributed by atoms with Gasteiger partial charge in [0.15, 0.2) is 0 Å². The van der Waals surface area contributed by atoms with E-state index >= 15 is 0 Å². The fourth-order valence-corrected chi connectivity index (χ4v) is 0.232. The minimum atomic E-state index is 1.10. The van der Waals surface area contributed by atoms with E-state index in [0.717, 1.165) is 7.17 Å². The Bertz CT molecular complexity index is 57.1. The van der Waals surface area contributed by atoms with E-state index < -0.39 is 0 Å². The van der Waals surface area contributed by atoms with Crippen LogP contribution in [-0.2, 0) is 0 Å². The van der Waals surface area contributed by atoms with Crippen LogP contribution in [0.15, 0.2) is 12.0 Å². The van der Waals surface area contributed by atoms with Crippen molar-refractivity contribution in [2.75, 3.05) is 0 Å². The number of hydrogen-bond acceptors (Lipinski definition) is 0. The first kappa shape index (κ1) is 5.80. The van der Waals surface area contributed by atoms with E-state index in [1.54, 1.807) is 6.92 Å². The van der Waals surface area contributed by atoms with E-state index in [-0.39, 0.29) is 0 Å². The second kappa shape index (κ2) is 4.80. The Morgan fingerprint density at radius 2 is 2.50 bits per heavy atom. The molecule has 0 heterocycles. The van der Waals surface area contributed by atoms with Crippen LogP contribution in [0.25, 0.3) is 0 Å². The number of hydrogen-bond donors (Lipinski definition) is 0. The fraction of sp³-hybridized carbons (Fsp3) is 0. The average molecular weight is 75.5 g/mol. The molecule has 28 valence electrons. The molecule has 0 bridgehead atoms. The topological polar surface area (TPSA) is 0 Å². The van der Waals surface area contributed by atoms with E-state index in [1.807, 2.05) is 5.98 Å². The average Bonchev–Trinajstić information content (AvgIpc) is 1.61. The summed E-state index contributed by atoms with van der Waals surface area (Å²) in [7, 11) is 3.20. The Balaban J connectivity index is 2.94. The zero-order valence-corrected chi connectivity index (χ0v) is 4.15. The molecule has 3 heteroatoms. The van der Waals surface area contributed by atoms with Crippen LogP contribution < -0.4 is 0 Å². The van der Waals surface area contributed by atoms with Gasteiger partial charge in [0.1, 0.15) is 0 Å². The molecule has 0 aromatic rings. The van der Waals surface area contributed by atoms with Crippen LogP contribution >= 0.6 is 0 Å². The molecule has 0 nitrogen and oxygen atoms in total. The van der Waals surface area contributed by atoms with E-state index in [4.69, 9.17) is 0 Å². The van der Waals surface area contributed by atoms with Crippen LogP contribution in [0.5, 0.6) is 0 Å². The number of rotatable bonds is 2. The molecule has 0 aliphatic heterocycles. The summed E-state index contributed by atoms with van der Waals surface area (Å²) in [5.74, 6) is 4.01. The Morgan fingerprint density at radius 3 is 2.67 bits per heavy atom. The third-order valence-corrected chi connectivity index (χ3v) is 0.508. The Morgan fingerprint density at radius 1 is 1.83 bits per heavy atom. The van der Waals surface area contributed by atoms with Crippen molar-refractivity contribution < 1.29 is 0 Å². The molecule has 0 fully saturated rings. The van der Waals surface area contributed by atoms with Gasteiger partial charge >= 0.3 is 40.2 Å². The zero-order valence-electron chi connectivity index (χ0n) is 4.15. The van der Waals surface area contributed by atoms with Gasteiger partial charge in [-0.1, -0.05) is 0 Å². The van der Waals surface area contributed by atoms with Crippen LogP contribution in [0.4, 0.5) is 0 Å². The molecule has 0 saturated carbocycles. The molecule has 0 N–H and O–H groups in total. The second-order valence-corrected chi connectivity index (χ2v) is 1.07. The summed E-state index contributed by atoms with van der Waals surface area (Å²) in [6.07, 6.45) is 0. The molecule has 0 rings (SSSR count). The fourth-order valence-electron chi connectivity index (χ4n) is 0.232. The molecule has 0 radical (unpaired) electrons. The molecule has 0 atom stereocenters. The molecule has 0 saturated heterocycles. The van der Waals surface area contributed by atoms with Gasteiger partial charge in [0, 0.05) is 0 Å². The van der Waals surface area contributed by atoms with Crippen molar-refractivity contribution in [1.29, 1.82) is 0 Å². The van der Waals surface area contributed by atoms with Gasteiger partial charge in [-0.05, 0) is 0 Å². The molecule has 0 aliphatic rings. The summed E-state index contributed by atoms with van der Waals surface area (Å²) in [6.45, 7) is 5.29. The normalized spacial score (nSPS) is 8.00. The van der Waals surface area contributed by atoms with Crippen molar-refractivity contribution in [3.8, 4) is 0 Å². The molecule has 0 unspecified atom stereocenters. The standard InChI is InChI=1S/C3H7B3/c1-5-2-3-6-4/h2-3,6H,1,4H2/b3-2-. The summed E-state index contributed by atoms with van der Waals surface area (Å²) < 4.78 is 0. The summed E-state index contributed by atoms with van der Waals surface area (Å²) in [5.41, 5.74) is 0. The summed E-state index contributed by atoms with van der Waals surface area (Å²) in [5, 5.41) is 0. The maximum absolute atomic E-state index is 3.51. The minimum absolute atomic E-state index is 1.10.